The number of benzene rings is 1. The van der Waals surface area contributed by atoms with Gasteiger partial charge in [0.05, 0.1) is 11.5 Å². The number of carbonyl (C=O) groups excluding carboxylic acids is 3. The molecule has 2 rings (SSSR count). The third-order valence-electron chi connectivity index (χ3n) is 3.36. The summed E-state index contributed by atoms with van der Waals surface area (Å²) < 4.78 is 5.05. The van der Waals surface area contributed by atoms with E-state index in [1.807, 2.05) is 31.2 Å². The van der Waals surface area contributed by atoms with E-state index < -0.39 is 12.1 Å². The molecule has 0 unspecified atom stereocenters. The molecule has 0 heterocycles. The second-order valence-electron chi connectivity index (χ2n) is 5.83. The van der Waals surface area contributed by atoms with E-state index in [2.05, 4.69) is 10.6 Å². The van der Waals surface area contributed by atoms with E-state index in [0.29, 0.717) is 0 Å². The monoisotopic (exact) mass is 350 g/mol. The molecule has 1 fully saturated rings. The Morgan fingerprint density at radius 1 is 1.29 bits per heavy atom. The Bertz CT molecular complexity index is 616. The molecule has 1 aliphatic carbocycles. The average Bonchev–Trinajstić information content (AvgIpc) is 3.31. The fourth-order valence-electron chi connectivity index (χ4n) is 1.98. The molecule has 1 aliphatic rings. The third-order valence-corrected chi connectivity index (χ3v) is 4.26. The number of hydrogen-bond acceptors (Lipinski definition) is 5. The molecule has 0 bridgehead atoms. The standard InChI is InChI=1S/C17H22N2O4S/c1-11-4-3-5-14(8-11)18-15(20)9-24-10-16(21)23-12(2)17(22)19-13-6-7-13/h3-5,8,12-13H,6-7,9-10H2,1-2H3,(H,18,20)(H,19,22)/t12-/m1/s1. The second kappa shape index (κ2) is 8.73. The number of nitrogens with one attached hydrogen (secondary N) is 2. The summed E-state index contributed by atoms with van der Waals surface area (Å²) in [5, 5.41) is 5.55. The molecular weight excluding hydrogens is 328 g/mol. The molecule has 6 nitrogen and oxygen atoms in total. The van der Waals surface area contributed by atoms with Crippen LogP contribution in [0.4, 0.5) is 5.69 Å². The van der Waals surface area contributed by atoms with Crippen molar-refractivity contribution in [2.24, 2.45) is 0 Å². The SMILES string of the molecule is Cc1cccc(NC(=O)CSCC(=O)O[C@H](C)C(=O)NC2CC2)c1. The van der Waals surface area contributed by atoms with Crippen LogP contribution >= 0.6 is 11.8 Å². The van der Waals surface area contributed by atoms with Crippen LogP contribution in [0, 0.1) is 6.92 Å². The first-order valence-corrected chi connectivity index (χ1v) is 9.03. The first kappa shape index (κ1) is 18.3. The highest BCUT2D eigenvalue weighted by molar-refractivity contribution is 8.00. The van der Waals surface area contributed by atoms with E-state index in [1.165, 1.54) is 0 Å². The van der Waals surface area contributed by atoms with Gasteiger partial charge in [0.1, 0.15) is 0 Å². The number of rotatable bonds is 8. The van der Waals surface area contributed by atoms with Gasteiger partial charge in [-0.2, -0.15) is 0 Å². The summed E-state index contributed by atoms with van der Waals surface area (Å²) in [6.45, 7) is 3.49. The van der Waals surface area contributed by atoms with E-state index in [1.54, 1.807) is 6.92 Å². The largest absolute Gasteiger partial charge is 0.452 e. The summed E-state index contributed by atoms with van der Waals surface area (Å²) in [5.41, 5.74) is 1.79. The minimum atomic E-state index is -0.806. The first-order valence-electron chi connectivity index (χ1n) is 7.88. The lowest BCUT2D eigenvalue weighted by Gasteiger charge is -2.13. The molecule has 0 spiro atoms. The number of ether oxygens (including phenoxy) is 1. The molecule has 2 amide bonds. The Morgan fingerprint density at radius 3 is 2.71 bits per heavy atom. The van der Waals surface area contributed by atoms with Crippen LogP contribution in [0.1, 0.15) is 25.3 Å². The number of amides is 2. The third kappa shape index (κ3) is 6.62. The van der Waals surface area contributed by atoms with E-state index in [0.717, 1.165) is 35.9 Å². The molecule has 0 aromatic heterocycles. The van der Waals surface area contributed by atoms with Crippen molar-refractivity contribution in [1.29, 1.82) is 0 Å². The topological polar surface area (TPSA) is 84.5 Å². The quantitative estimate of drug-likeness (QED) is 0.699. The lowest BCUT2D eigenvalue weighted by Crippen LogP contribution is -2.37. The van der Waals surface area contributed by atoms with Gasteiger partial charge < -0.3 is 15.4 Å². The molecule has 0 saturated heterocycles. The molecule has 2 N–H and O–H groups in total. The van der Waals surface area contributed by atoms with Gasteiger partial charge in [-0.15, -0.1) is 11.8 Å². The molecule has 0 radical (unpaired) electrons. The highest BCUT2D eigenvalue weighted by Crippen LogP contribution is 2.18. The maximum absolute atomic E-state index is 11.8. The van der Waals surface area contributed by atoms with Gasteiger partial charge in [-0.05, 0) is 44.4 Å². The lowest BCUT2D eigenvalue weighted by atomic mass is 10.2. The predicted octanol–water partition coefficient (Wildman–Crippen LogP) is 1.88. The Kier molecular flexibility index (Phi) is 6.66. The molecule has 0 aliphatic heterocycles. The minimum absolute atomic E-state index is 0.0300. The minimum Gasteiger partial charge on any atom is -0.452 e. The fourth-order valence-corrected chi connectivity index (χ4v) is 2.57. The Hall–Kier alpha value is -2.02. The zero-order chi connectivity index (χ0) is 17.5. The Balaban J connectivity index is 1.62. The van der Waals surface area contributed by atoms with Crippen LogP contribution in [0.2, 0.25) is 0 Å². The molecule has 130 valence electrons. The van der Waals surface area contributed by atoms with Crippen LogP contribution in [-0.4, -0.2) is 41.4 Å². The van der Waals surface area contributed by atoms with Crippen LogP contribution < -0.4 is 10.6 Å². The molecule has 24 heavy (non-hydrogen) atoms. The summed E-state index contributed by atoms with van der Waals surface area (Å²) in [6, 6.07) is 7.73. The van der Waals surface area contributed by atoms with Gasteiger partial charge in [0.15, 0.2) is 6.10 Å². The molecule has 1 atom stereocenters. The smallest absolute Gasteiger partial charge is 0.316 e. The summed E-state index contributed by atoms with van der Waals surface area (Å²) in [7, 11) is 0. The maximum atomic E-state index is 11.8. The predicted molar refractivity (Wildman–Crippen MR) is 93.9 cm³/mol. The van der Waals surface area contributed by atoms with Crippen LogP contribution in [0.25, 0.3) is 0 Å². The van der Waals surface area contributed by atoms with Gasteiger partial charge in [-0.3, -0.25) is 14.4 Å². The van der Waals surface area contributed by atoms with Gasteiger partial charge in [-0.25, -0.2) is 0 Å². The summed E-state index contributed by atoms with van der Waals surface area (Å²) in [5.74, 6) is -0.777. The summed E-state index contributed by atoms with van der Waals surface area (Å²) >= 11 is 1.15. The number of hydrogen-bond donors (Lipinski definition) is 2. The highest BCUT2D eigenvalue weighted by atomic mass is 32.2. The van der Waals surface area contributed by atoms with E-state index in [9.17, 15) is 14.4 Å². The highest BCUT2D eigenvalue weighted by Gasteiger charge is 2.27. The number of carbonyl (C=O) groups is 3. The van der Waals surface area contributed by atoms with Crippen molar-refractivity contribution in [1.82, 2.24) is 5.32 Å². The number of esters is 1. The first-order chi connectivity index (χ1) is 11.4. The van der Waals surface area contributed by atoms with Crippen LogP contribution in [0.3, 0.4) is 0 Å². The zero-order valence-electron chi connectivity index (χ0n) is 13.8. The number of anilines is 1. The van der Waals surface area contributed by atoms with E-state index >= 15 is 0 Å². The van der Waals surface area contributed by atoms with Crippen molar-refractivity contribution >= 4 is 35.2 Å². The lowest BCUT2D eigenvalue weighted by molar-refractivity contribution is -0.152. The van der Waals surface area contributed by atoms with Crippen molar-refractivity contribution in [2.75, 3.05) is 16.8 Å². The number of thioether (sulfide) groups is 1. The van der Waals surface area contributed by atoms with Crippen molar-refractivity contribution in [3.8, 4) is 0 Å². The van der Waals surface area contributed by atoms with Gasteiger partial charge in [0, 0.05) is 11.7 Å². The fraction of sp³-hybridized carbons (Fsp3) is 0.471. The van der Waals surface area contributed by atoms with Crippen LogP contribution in [-0.2, 0) is 19.1 Å². The second-order valence-corrected chi connectivity index (χ2v) is 6.81. The molecule has 1 aromatic rings. The van der Waals surface area contributed by atoms with Crippen molar-refractivity contribution < 1.29 is 19.1 Å². The van der Waals surface area contributed by atoms with Gasteiger partial charge in [-0.1, -0.05) is 12.1 Å². The van der Waals surface area contributed by atoms with Gasteiger partial charge >= 0.3 is 5.97 Å². The van der Waals surface area contributed by atoms with E-state index in [-0.39, 0.29) is 29.4 Å². The van der Waals surface area contributed by atoms with Crippen molar-refractivity contribution in [3.05, 3.63) is 29.8 Å². The molecule has 1 aromatic carbocycles. The molecule has 7 heteroatoms. The van der Waals surface area contributed by atoms with E-state index in [4.69, 9.17) is 4.74 Å². The summed E-state index contributed by atoms with van der Waals surface area (Å²) in [4.78, 5) is 35.2. The van der Waals surface area contributed by atoms with Crippen molar-refractivity contribution in [2.45, 2.75) is 38.8 Å². The van der Waals surface area contributed by atoms with Gasteiger partial charge in [0.2, 0.25) is 5.91 Å². The van der Waals surface area contributed by atoms with Gasteiger partial charge in [0.25, 0.3) is 5.91 Å². The molecular formula is C17H22N2O4S. The Labute approximate surface area is 145 Å². The maximum Gasteiger partial charge on any atom is 0.316 e. The number of aryl methyl sites for hydroxylation is 1. The van der Waals surface area contributed by atoms with Crippen molar-refractivity contribution in [3.63, 3.8) is 0 Å². The molecule has 1 saturated carbocycles. The zero-order valence-corrected chi connectivity index (χ0v) is 14.7. The average molecular weight is 350 g/mol. The van der Waals surface area contributed by atoms with Crippen LogP contribution in [0.5, 0.6) is 0 Å². The van der Waals surface area contributed by atoms with Crippen LogP contribution in [0.15, 0.2) is 24.3 Å². The Morgan fingerprint density at radius 2 is 2.04 bits per heavy atom. The normalized spacial score (nSPS) is 14.6. The summed E-state index contributed by atoms with van der Waals surface area (Å²) in [6.07, 6.45) is 1.16.